The van der Waals surface area contributed by atoms with E-state index in [0.29, 0.717) is 10.5 Å². The van der Waals surface area contributed by atoms with Gasteiger partial charge in [-0.15, -0.1) is 0 Å². The molecule has 0 saturated heterocycles. The number of nitrogens with two attached hydrogens (primary N) is 1. The standard InChI is InChI=1S/C19H21F3N2O2/c1-12(11-16(23)25)24(17(26)19(20,21)22)18(2,3)15-10-6-8-13-7-4-5-9-14(13)15/h4-10,12H,11H2,1-3H3,(H2,23,25). The van der Waals surface area contributed by atoms with E-state index in [4.69, 9.17) is 5.73 Å². The molecule has 0 saturated carbocycles. The summed E-state index contributed by atoms with van der Waals surface area (Å²) in [6, 6.07) is 11.5. The summed E-state index contributed by atoms with van der Waals surface area (Å²) in [4.78, 5) is 24.2. The minimum absolute atomic E-state index is 0.365. The maximum atomic E-state index is 13.2. The summed E-state index contributed by atoms with van der Waals surface area (Å²) in [7, 11) is 0. The molecule has 0 aromatic heterocycles. The lowest BCUT2D eigenvalue weighted by atomic mass is 9.86. The van der Waals surface area contributed by atoms with Crippen molar-refractivity contribution in [2.45, 2.75) is 44.9 Å². The molecular formula is C19H21F3N2O2. The minimum Gasteiger partial charge on any atom is -0.370 e. The molecular weight excluding hydrogens is 345 g/mol. The van der Waals surface area contributed by atoms with Crippen molar-refractivity contribution in [3.05, 3.63) is 48.0 Å². The van der Waals surface area contributed by atoms with Crippen molar-refractivity contribution in [2.24, 2.45) is 5.73 Å². The van der Waals surface area contributed by atoms with Gasteiger partial charge in [-0.2, -0.15) is 13.2 Å². The highest BCUT2D eigenvalue weighted by atomic mass is 19.4. The zero-order chi connectivity index (χ0) is 19.7. The molecule has 1 atom stereocenters. The Hall–Kier alpha value is -2.57. The van der Waals surface area contributed by atoms with Crippen LogP contribution in [0.15, 0.2) is 42.5 Å². The number of rotatable bonds is 5. The summed E-state index contributed by atoms with van der Waals surface area (Å²) in [6.45, 7) is 4.47. The second kappa shape index (κ2) is 6.97. The molecule has 2 aromatic carbocycles. The number of hydrogen-bond donors (Lipinski definition) is 1. The van der Waals surface area contributed by atoms with Crippen LogP contribution in [0.1, 0.15) is 32.8 Å². The van der Waals surface area contributed by atoms with Crippen LogP contribution in [0.25, 0.3) is 10.8 Å². The lowest BCUT2D eigenvalue weighted by Gasteiger charge is -2.43. The molecule has 7 heteroatoms. The van der Waals surface area contributed by atoms with Gasteiger partial charge in [-0.25, -0.2) is 0 Å². The molecule has 0 heterocycles. The summed E-state index contributed by atoms with van der Waals surface area (Å²) in [6.07, 6.45) is -5.43. The summed E-state index contributed by atoms with van der Waals surface area (Å²) >= 11 is 0. The van der Waals surface area contributed by atoms with Crippen LogP contribution in [0.2, 0.25) is 0 Å². The Bertz CT molecular complexity index is 826. The van der Waals surface area contributed by atoms with Crippen LogP contribution >= 0.6 is 0 Å². The van der Waals surface area contributed by atoms with E-state index in [1.807, 2.05) is 18.2 Å². The molecule has 2 aromatic rings. The van der Waals surface area contributed by atoms with Gasteiger partial charge < -0.3 is 10.6 Å². The summed E-state index contributed by atoms with van der Waals surface area (Å²) < 4.78 is 39.7. The Labute approximate surface area is 149 Å². The Kier molecular flexibility index (Phi) is 5.30. The SMILES string of the molecule is CC(CC(N)=O)N(C(=O)C(F)(F)F)C(C)(C)c1cccc2ccccc12. The zero-order valence-electron chi connectivity index (χ0n) is 14.8. The highest BCUT2D eigenvalue weighted by molar-refractivity contribution is 5.89. The van der Waals surface area contributed by atoms with E-state index in [1.165, 1.54) is 20.8 Å². The first-order valence-electron chi connectivity index (χ1n) is 8.13. The third-order valence-corrected chi connectivity index (χ3v) is 4.45. The number of alkyl halides is 3. The maximum absolute atomic E-state index is 13.2. The first-order valence-corrected chi connectivity index (χ1v) is 8.13. The molecule has 0 aliphatic heterocycles. The molecule has 4 nitrogen and oxygen atoms in total. The van der Waals surface area contributed by atoms with Crippen molar-refractivity contribution in [1.82, 2.24) is 4.90 Å². The van der Waals surface area contributed by atoms with Gasteiger partial charge in [-0.05, 0) is 37.1 Å². The van der Waals surface area contributed by atoms with Gasteiger partial charge in [0, 0.05) is 12.5 Å². The van der Waals surface area contributed by atoms with Crippen molar-refractivity contribution >= 4 is 22.6 Å². The van der Waals surface area contributed by atoms with E-state index < -0.39 is 29.6 Å². The van der Waals surface area contributed by atoms with Gasteiger partial charge in [0.25, 0.3) is 0 Å². The van der Waals surface area contributed by atoms with E-state index in [1.54, 1.807) is 24.3 Å². The van der Waals surface area contributed by atoms with Crippen LogP contribution in [0.4, 0.5) is 13.2 Å². The average Bonchev–Trinajstić information content (AvgIpc) is 2.52. The summed E-state index contributed by atoms with van der Waals surface area (Å²) in [5.41, 5.74) is 4.40. The van der Waals surface area contributed by atoms with E-state index in [2.05, 4.69) is 0 Å². The number of carbonyl (C=O) groups excluding carboxylic acids is 2. The van der Waals surface area contributed by atoms with Gasteiger partial charge >= 0.3 is 12.1 Å². The van der Waals surface area contributed by atoms with E-state index in [-0.39, 0.29) is 6.42 Å². The Morgan fingerprint density at radius 3 is 2.23 bits per heavy atom. The quantitative estimate of drug-likeness (QED) is 0.876. The Balaban J connectivity index is 2.64. The van der Waals surface area contributed by atoms with Crippen molar-refractivity contribution in [1.29, 1.82) is 0 Å². The molecule has 0 spiro atoms. The van der Waals surface area contributed by atoms with Gasteiger partial charge in [0.05, 0.1) is 5.54 Å². The van der Waals surface area contributed by atoms with E-state index >= 15 is 0 Å². The third kappa shape index (κ3) is 3.81. The van der Waals surface area contributed by atoms with Gasteiger partial charge in [0.1, 0.15) is 0 Å². The highest BCUT2D eigenvalue weighted by Gasteiger charge is 2.49. The summed E-state index contributed by atoms with van der Waals surface area (Å²) in [5.74, 6) is -2.77. The lowest BCUT2D eigenvalue weighted by Crippen LogP contribution is -2.55. The third-order valence-electron chi connectivity index (χ3n) is 4.45. The van der Waals surface area contributed by atoms with Crippen LogP contribution < -0.4 is 5.73 Å². The van der Waals surface area contributed by atoms with Crippen molar-refractivity contribution in [2.75, 3.05) is 0 Å². The zero-order valence-corrected chi connectivity index (χ0v) is 14.8. The Morgan fingerprint density at radius 2 is 1.65 bits per heavy atom. The minimum atomic E-state index is -5.06. The molecule has 0 fully saturated rings. The first kappa shape index (κ1) is 19.8. The maximum Gasteiger partial charge on any atom is 0.471 e. The largest absolute Gasteiger partial charge is 0.471 e. The molecule has 140 valence electrons. The molecule has 26 heavy (non-hydrogen) atoms. The monoisotopic (exact) mass is 366 g/mol. The van der Waals surface area contributed by atoms with Crippen LogP contribution in [0, 0.1) is 0 Å². The average molecular weight is 366 g/mol. The smallest absolute Gasteiger partial charge is 0.370 e. The second-order valence-corrected chi connectivity index (χ2v) is 6.78. The number of fused-ring (bicyclic) bond motifs is 1. The molecule has 0 radical (unpaired) electrons. The predicted molar refractivity (Wildman–Crippen MR) is 93.1 cm³/mol. The fraction of sp³-hybridized carbons (Fsp3) is 0.368. The summed E-state index contributed by atoms with van der Waals surface area (Å²) in [5, 5.41) is 1.59. The van der Waals surface area contributed by atoms with Crippen LogP contribution in [-0.4, -0.2) is 28.9 Å². The topological polar surface area (TPSA) is 63.4 Å². The Morgan fingerprint density at radius 1 is 1.08 bits per heavy atom. The van der Waals surface area contributed by atoms with E-state index in [9.17, 15) is 22.8 Å². The van der Waals surface area contributed by atoms with Crippen LogP contribution in [-0.2, 0) is 15.1 Å². The lowest BCUT2D eigenvalue weighted by molar-refractivity contribution is -0.194. The van der Waals surface area contributed by atoms with Crippen molar-refractivity contribution < 1.29 is 22.8 Å². The van der Waals surface area contributed by atoms with Crippen molar-refractivity contribution in [3.8, 4) is 0 Å². The molecule has 0 aliphatic carbocycles. The number of benzene rings is 2. The number of primary amides is 1. The molecule has 2 N–H and O–H groups in total. The van der Waals surface area contributed by atoms with Crippen molar-refractivity contribution in [3.63, 3.8) is 0 Å². The molecule has 1 unspecified atom stereocenters. The normalized spacial score (nSPS) is 13.5. The van der Waals surface area contributed by atoms with Gasteiger partial charge in [-0.3, -0.25) is 9.59 Å². The fourth-order valence-electron chi connectivity index (χ4n) is 3.41. The predicted octanol–water partition coefficient (Wildman–Crippen LogP) is 3.73. The fourth-order valence-corrected chi connectivity index (χ4v) is 3.41. The molecule has 2 amide bonds. The number of halogens is 3. The van der Waals surface area contributed by atoms with Gasteiger partial charge in [-0.1, -0.05) is 42.5 Å². The first-order chi connectivity index (χ1) is 12.0. The van der Waals surface area contributed by atoms with Crippen LogP contribution in [0.3, 0.4) is 0 Å². The number of carbonyl (C=O) groups is 2. The van der Waals surface area contributed by atoms with Gasteiger partial charge in [0.2, 0.25) is 5.91 Å². The number of nitrogens with zero attached hydrogens (tertiary/aromatic N) is 1. The number of hydrogen-bond acceptors (Lipinski definition) is 2. The molecule has 2 rings (SSSR count). The highest BCUT2D eigenvalue weighted by Crippen LogP contribution is 2.37. The molecule has 0 aliphatic rings. The van der Waals surface area contributed by atoms with Gasteiger partial charge in [0.15, 0.2) is 0 Å². The van der Waals surface area contributed by atoms with Crippen LogP contribution in [0.5, 0.6) is 0 Å². The second-order valence-electron chi connectivity index (χ2n) is 6.78. The molecule has 0 bridgehead atoms. The van der Waals surface area contributed by atoms with E-state index in [0.717, 1.165) is 10.8 Å². The number of amides is 2.